The molecule has 1 N–H and O–H groups in total. The van der Waals surface area contributed by atoms with Crippen LogP contribution in [0.25, 0.3) is 0 Å². The third-order valence-electron chi connectivity index (χ3n) is 4.63. The lowest BCUT2D eigenvalue weighted by molar-refractivity contribution is -0.158. The molecule has 2 fully saturated rings. The molecule has 1 aromatic heterocycles. The number of amides is 2. The maximum absolute atomic E-state index is 14.6. The normalized spacial score (nSPS) is 24.8. The Balaban J connectivity index is 1.78. The van der Waals surface area contributed by atoms with E-state index in [1.807, 2.05) is 0 Å². The number of aryl methyl sites for hydroxylation is 1. The van der Waals surface area contributed by atoms with E-state index in [0.29, 0.717) is 6.42 Å². The lowest BCUT2D eigenvalue weighted by Crippen LogP contribution is -2.44. The minimum absolute atomic E-state index is 0.0472. The number of rotatable bonds is 2. The molecule has 2 amide bonds. The second kappa shape index (κ2) is 5.86. The van der Waals surface area contributed by atoms with Crippen molar-refractivity contribution in [3.63, 3.8) is 0 Å². The minimum atomic E-state index is -3.65. The Morgan fingerprint density at radius 1 is 1.43 bits per heavy atom. The highest BCUT2D eigenvalue weighted by Crippen LogP contribution is 2.34. The molecule has 5 nitrogen and oxygen atoms in total. The number of nitrogens with one attached hydrogen (secondary N) is 1. The van der Waals surface area contributed by atoms with Crippen LogP contribution in [0.5, 0.6) is 0 Å². The second-order valence-electron chi connectivity index (χ2n) is 6.28. The second-order valence-corrected chi connectivity index (χ2v) is 6.28. The molecule has 7 heteroatoms. The molecule has 0 saturated carbocycles. The van der Waals surface area contributed by atoms with Crippen molar-refractivity contribution < 1.29 is 18.4 Å². The van der Waals surface area contributed by atoms with Crippen LogP contribution in [0, 0.1) is 12.8 Å². The molecule has 2 unspecified atom stereocenters. The summed E-state index contributed by atoms with van der Waals surface area (Å²) in [7, 11) is 0. The largest absolute Gasteiger partial charge is 0.366 e. The molecular weight excluding hydrogens is 304 g/mol. The zero-order valence-corrected chi connectivity index (χ0v) is 12.9. The molecule has 3 heterocycles. The highest BCUT2D eigenvalue weighted by molar-refractivity contribution is 5.85. The summed E-state index contributed by atoms with van der Waals surface area (Å²) in [5.41, 5.74) is -0.214. The van der Waals surface area contributed by atoms with Crippen LogP contribution in [0.3, 0.4) is 0 Å². The summed E-state index contributed by atoms with van der Waals surface area (Å²) in [6.45, 7) is 1.90. The summed E-state index contributed by atoms with van der Waals surface area (Å²) < 4.78 is 29.1. The maximum Gasteiger partial charge on any atom is 0.366 e. The number of hydrogen-bond acceptors (Lipinski definition) is 3. The standard InChI is InChI=1S/C16H19F2N3O2/c1-10-4-3-7-19-14(10)16(17,18)15(23)21-8-11-5-2-6-13(22)20-12(11)9-21/h3-4,7,11-12H,2,5-6,8-9H2,1H3,(H,20,22). The number of likely N-dealkylation sites (tertiary alicyclic amines) is 1. The van der Waals surface area contributed by atoms with Crippen LogP contribution in [-0.4, -0.2) is 40.8 Å². The molecule has 124 valence electrons. The average Bonchev–Trinajstić information content (AvgIpc) is 2.81. The van der Waals surface area contributed by atoms with Crippen LogP contribution in [0.4, 0.5) is 8.78 Å². The molecule has 0 spiro atoms. The zero-order chi connectivity index (χ0) is 16.6. The van der Waals surface area contributed by atoms with E-state index in [0.717, 1.165) is 17.7 Å². The fourth-order valence-electron chi connectivity index (χ4n) is 3.41. The number of hydrogen-bond donors (Lipinski definition) is 1. The number of halogens is 2. The monoisotopic (exact) mass is 323 g/mol. The Morgan fingerprint density at radius 3 is 2.96 bits per heavy atom. The number of nitrogens with zero attached hydrogens (tertiary/aromatic N) is 2. The number of aromatic nitrogens is 1. The predicted molar refractivity (Wildman–Crippen MR) is 78.7 cm³/mol. The van der Waals surface area contributed by atoms with Gasteiger partial charge in [-0.15, -0.1) is 0 Å². The minimum Gasteiger partial charge on any atom is -0.351 e. The molecule has 0 radical (unpaired) electrons. The molecular formula is C16H19F2N3O2. The average molecular weight is 323 g/mol. The van der Waals surface area contributed by atoms with E-state index in [1.54, 1.807) is 6.07 Å². The van der Waals surface area contributed by atoms with Gasteiger partial charge in [0, 0.05) is 25.7 Å². The smallest absolute Gasteiger partial charge is 0.351 e. The van der Waals surface area contributed by atoms with Crippen molar-refractivity contribution in [1.82, 2.24) is 15.2 Å². The van der Waals surface area contributed by atoms with Crippen molar-refractivity contribution in [2.45, 2.75) is 38.2 Å². The van der Waals surface area contributed by atoms with Crippen molar-refractivity contribution in [3.8, 4) is 0 Å². The third kappa shape index (κ3) is 2.92. The van der Waals surface area contributed by atoms with Crippen molar-refractivity contribution in [3.05, 3.63) is 29.6 Å². The predicted octanol–water partition coefficient (Wildman–Crippen LogP) is 1.61. The topological polar surface area (TPSA) is 62.3 Å². The van der Waals surface area contributed by atoms with Crippen LogP contribution in [0.1, 0.15) is 30.5 Å². The summed E-state index contributed by atoms with van der Waals surface area (Å²) in [6, 6.07) is 2.84. The summed E-state index contributed by atoms with van der Waals surface area (Å²) >= 11 is 0. The number of carbonyl (C=O) groups is 2. The molecule has 0 aliphatic carbocycles. The summed E-state index contributed by atoms with van der Waals surface area (Å²) in [5, 5.41) is 2.83. The van der Waals surface area contributed by atoms with Crippen LogP contribution in [0.15, 0.2) is 18.3 Å². The van der Waals surface area contributed by atoms with Gasteiger partial charge in [-0.05, 0) is 37.3 Å². The first-order chi connectivity index (χ1) is 10.9. The quantitative estimate of drug-likeness (QED) is 0.899. The molecule has 0 aromatic carbocycles. The molecule has 3 rings (SSSR count). The molecule has 2 aliphatic heterocycles. The number of pyridine rings is 1. The van der Waals surface area contributed by atoms with Crippen molar-refractivity contribution in [1.29, 1.82) is 0 Å². The molecule has 1 aromatic rings. The fourth-order valence-corrected chi connectivity index (χ4v) is 3.41. The summed E-state index contributed by atoms with van der Waals surface area (Å²) in [5.74, 6) is -4.91. The van der Waals surface area contributed by atoms with E-state index in [2.05, 4.69) is 10.3 Å². The highest BCUT2D eigenvalue weighted by Gasteiger charge is 2.49. The van der Waals surface area contributed by atoms with Gasteiger partial charge in [0.1, 0.15) is 5.69 Å². The Labute approximate surface area is 133 Å². The first-order valence-corrected chi connectivity index (χ1v) is 7.78. The van der Waals surface area contributed by atoms with Crippen LogP contribution >= 0.6 is 0 Å². The van der Waals surface area contributed by atoms with Crippen molar-refractivity contribution in [2.75, 3.05) is 13.1 Å². The highest BCUT2D eigenvalue weighted by atomic mass is 19.3. The number of carbonyl (C=O) groups excluding carboxylic acids is 2. The number of fused-ring (bicyclic) bond motifs is 1. The van der Waals surface area contributed by atoms with E-state index in [-0.39, 0.29) is 36.5 Å². The zero-order valence-electron chi connectivity index (χ0n) is 12.9. The van der Waals surface area contributed by atoms with Gasteiger partial charge in [-0.3, -0.25) is 14.6 Å². The Hall–Kier alpha value is -2.05. The van der Waals surface area contributed by atoms with Gasteiger partial charge in [-0.2, -0.15) is 8.78 Å². The van der Waals surface area contributed by atoms with E-state index < -0.39 is 17.5 Å². The van der Waals surface area contributed by atoms with E-state index in [1.165, 1.54) is 19.2 Å². The van der Waals surface area contributed by atoms with E-state index >= 15 is 0 Å². The van der Waals surface area contributed by atoms with Gasteiger partial charge in [0.25, 0.3) is 5.91 Å². The first-order valence-electron chi connectivity index (χ1n) is 7.78. The van der Waals surface area contributed by atoms with Gasteiger partial charge in [0.05, 0.1) is 6.04 Å². The SMILES string of the molecule is Cc1cccnc1C(F)(F)C(=O)N1CC2CCCC(=O)NC2C1. The van der Waals surface area contributed by atoms with Crippen molar-refractivity contribution in [2.24, 2.45) is 5.92 Å². The van der Waals surface area contributed by atoms with E-state index in [9.17, 15) is 18.4 Å². The lowest BCUT2D eigenvalue weighted by atomic mass is 9.99. The Bertz CT molecular complexity index is 636. The summed E-state index contributed by atoms with van der Waals surface area (Å²) in [6.07, 6.45) is 3.22. The van der Waals surface area contributed by atoms with Gasteiger partial charge in [-0.1, -0.05) is 6.07 Å². The van der Waals surface area contributed by atoms with Gasteiger partial charge < -0.3 is 10.2 Å². The Kier molecular flexibility index (Phi) is 4.04. The first kappa shape index (κ1) is 15.8. The lowest BCUT2D eigenvalue weighted by Gasteiger charge is -2.24. The summed E-state index contributed by atoms with van der Waals surface area (Å²) in [4.78, 5) is 28.8. The van der Waals surface area contributed by atoms with Crippen molar-refractivity contribution >= 4 is 11.8 Å². The van der Waals surface area contributed by atoms with Gasteiger partial charge in [0.2, 0.25) is 5.91 Å². The fraction of sp³-hybridized carbons (Fsp3) is 0.562. The van der Waals surface area contributed by atoms with Crippen LogP contribution < -0.4 is 5.32 Å². The van der Waals surface area contributed by atoms with Gasteiger partial charge >= 0.3 is 5.92 Å². The maximum atomic E-state index is 14.6. The van der Waals surface area contributed by atoms with Crippen LogP contribution in [-0.2, 0) is 15.5 Å². The molecule has 2 aliphatic rings. The third-order valence-corrected chi connectivity index (χ3v) is 4.63. The number of alkyl halides is 2. The van der Waals surface area contributed by atoms with Crippen LogP contribution in [0.2, 0.25) is 0 Å². The van der Waals surface area contributed by atoms with E-state index in [4.69, 9.17) is 0 Å². The molecule has 2 saturated heterocycles. The Morgan fingerprint density at radius 2 is 2.22 bits per heavy atom. The molecule has 0 bridgehead atoms. The van der Waals surface area contributed by atoms with Gasteiger partial charge in [-0.25, -0.2) is 0 Å². The molecule has 23 heavy (non-hydrogen) atoms. The molecule has 2 atom stereocenters. The van der Waals surface area contributed by atoms with Gasteiger partial charge in [0.15, 0.2) is 0 Å².